The monoisotopic (exact) mass is 674 g/mol. The van der Waals surface area contributed by atoms with Crippen LogP contribution in [0.25, 0.3) is 0 Å². The summed E-state index contributed by atoms with van der Waals surface area (Å²) in [5, 5.41) is 15.5. The third-order valence-electron chi connectivity index (χ3n) is 8.17. The first-order valence-electron chi connectivity index (χ1n) is 14.6. The number of amidine groups is 1. The quantitative estimate of drug-likeness (QED) is 0.308. The smallest absolute Gasteiger partial charge is 0.378 e. The SMILES string of the molecule is CN1N=C(c2nnn(Cc3cc(C(F)(F)F)cc(C(F)(F)F)c3)c2N2CCOCC2)N(Cc2ccc(F)cc2Cl)C1N1CCCC1. The number of alkyl halides is 6. The van der Waals surface area contributed by atoms with Crippen molar-refractivity contribution in [3.8, 4) is 0 Å². The topological polar surface area (TPSA) is 65.3 Å². The van der Waals surface area contributed by atoms with Gasteiger partial charge in [-0.1, -0.05) is 22.9 Å². The number of aromatic nitrogens is 3. The Kier molecular flexibility index (Phi) is 8.80. The minimum absolute atomic E-state index is 0.0964. The predicted molar refractivity (Wildman–Crippen MR) is 154 cm³/mol. The summed E-state index contributed by atoms with van der Waals surface area (Å²) >= 11 is 6.43. The van der Waals surface area contributed by atoms with Crippen LogP contribution < -0.4 is 4.90 Å². The Bertz CT molecular complexity index is 1570. The minimum atomic E-state index is -4.99. The first-order valence-corrected chi connectivity index (χ1v) is 15.0. The number of hydrogen-bond donors (Lipinski definition) is 0. The average molecular weight is 675 g/mol. The van der Waals surface area contributed by atoms with Crippen LogP contribution in [0.15, 0.2) is 41.5 Å². The van der Waals surface area contributed by atoms with Gasteiger partial charge in [0.25, 0.3) is 0 Å². The second-order valence-electron chi connectivity index (χ2n) is 11.4. The van der Waals surface area contributed by atoms with Crippen LogP contribution in [-0.4, -0.2) is 88.4 Å². The molecule has 17 heteroatoms. The molecule has 0 radical (unpaired) electrons. The second kappa shape index (κ2) is 12.5. The van der Waals surface area contributed by atoms with Crippen LogP contribution in [0, 0.1) is 5.82 Å². The molecule has 1 aromatic heterocycles. The van der Waals surface area contributed by atoms with Crippen LogP contribution in [0.3, 0.4) is 0 Å². The zero-order valence-corrected chi connectivity index (χ0v) is 25.4. The normalized spacial score (nSPS) is 19.8. The maximum atomic E-state index is 13.9. The van der Waals surface area contributed by atoms with Crippen molar-refractivity contribution >= 4 is 23.3 Å². The molecule has 0 amide bonds. The van der Waals surface area contributed by atoms with Crippen LogP contribution in [0.1, 0.15) is 40.8 Å². The third kappa shape index (κ3) is 6.60. The number of hydrogen-bond acceptors (Lipinski definition) is 8. The van der Waals surface area contributed by atoms with Crippen molar-refractivity contribution < 1.29 is 35.5 Å². The summed E-state index contributed by atoms with van der Waals surface area (Å²) in [7, 11) is 1.80. The Balaban J connectivity index is 1.43. The highest BCUT2D eigenvalue weighted by molar-refractivity contribution is 6.31. The Morgan fingerprint density at radius 2 is 1.54 bits per heavy atom. The Morgan fingerprint density at radius 1 is 0.891 bits per heavy atom. The molecule has 6 rings (SSSR count). The number of nitrogens with zero attached hydrogens (tertiary/aromatic N) is 8. The van der Waals surface area contributed by atoms with E-state index in [2.05, 4.69) is 15.2 Å². The van der Waals surface area contributed by atoms with E-state index in [-0.39, 0.29) is 35.2 Å². The van der Waals surface area contributed by atoms with Crippen molar-refractivity contribution in [1.82, 2.24) is 29.8 Å². The summed E-state index contributed by atoms with van der Waals surface area (Å²) in [4.78, 5) is 6.06. The molecule has 2 aromatic carbocycles. The van der Waals surface area contributed by atoms with Gasteiger partial charge in [-0.15, -0.1) is 5.10 Å². The fraction of sp³-hybridized carbons (Fsp3) is 0.483. The number of benzene rings is 2. The zero-order valence-electron chi connectivity index (χ0n) is 24.6. The van der Waals surface area contributed by atoms with Gasteiger partial charge in [0, 0.05) is 44.8 Å². The summed E-state index contributed by atoms with van der Waals surface area (Å²) in [5.74, 6) is 0.268. The van der Waals surface area contributed by atoms with Gasteiger partial charge in [0.2, 0.25) is 0 Å². The molecule has 1 unspecified atom stereocenters. The van der Waals surface area contributed by atoms with Crippen LogP contribution in [0.5, 0.6) is 0 Å². The standard InChI is InChI=1S/C29H30ClF7N8O/c1-41-27(43-6-2-3-7-43)44(17-19-4-5-22(31)15-23(19)30)25(39-41)24-26(42-8-10-46-11-9-42)45(40-38-24)16-18-12-20(28(32,33)34)14-21(13-18)29(35,36)37/h4-5,12-15,27H,2-3,6-11,16-17H2,1H3. The van der Waals surface area contributed by atoms with E-state index < -0.39 is 35.8 Å². The summed E-state index contributed by atoms with van der Waals surface area (Å²) in [6, 6.07) is 5.58. The van der Waals surface area contributed by atoms with Crippen molar-refractivity contribution in [1.29, 1.82) is 0 Å². The van der Waals surface area contributed by atoms with Gasteiger partial charge in [0.1, 0.15) is 5.82 Å². The molecule has 4 heterocycles. The lowest BCUT2D eigenvalue weighted by molar-refractivity contribution is -0.143. The molecule has 0 bridgehead atoms. The van der Waals surface area contributed by atoms with Crippen molar-refractivity contribution in [2.45, 2.75) is 44.6 Å². The zero-order chi connectivity index (χ0) is 32.8. The highest BCUT2D eigenvalue weighted by Crippen LogP contribution is 2.37. The summed E-state index contributed by atoms with van der Waals surface area (Å²) < 4.78 is 103. The molecule has 0 N–H and O–H groups in total. The van der Waals surface area contributed by atoms with Crippen molar-refractivity contribution in [2.75, 3.05) is 51.3 Å². The van der Waals surface area contributed by atoms with Crippen LogP contribution in [0.2, 0.25) is 5.02 Å². The number of hydrazone groups is 1. The van der Waals surface area contributed by atoms with Gasteiger partial charge in [-0.2, -0.15) is 31.4 Å². The number of ether oxygens (including phenoxy) is 1. The molecule has 248 valence electrons. The first-order chi connectivity index (χ1) is 21.8. The molecule has 3 aliphatic heterocycles. The van der Waals surface area contributed by atoms with Gasteiger partial charge in [0.15, 0.2) is 23.6 Å². The van der Waals surface area contributed by atoms with Crippen LogP contribution >= 0.6 is 11.6 Å². The van der Waals surface area contributed by atoms with Crippen molar-refractivity contribution in [3.63, 3.8) is 0 Å². The highest BCUT2D eigenvalue weighted by atomic mass is 35.5. The van der Waals surface area contributed by atoms with E-state index >= 15 is 0 Å². The van der Waals surface area contributed by atoms with Gasteiger partial charge in [-0.3, -0.25) is 9.91 Å². The molecule has 3 aromatic rings. The van der Waals surface area contributed by atoms with E-state index in [4.69, 9.17) is 21.4 Å². The van der Waals surface area contributed by atoms with Crippen LogP contribution in [0.4, 0.5) is 36.6 Å². The number of anilines is 1. The lowest BCUT2D eigenvalue weighted by Crippen LogP contribution is -2.52. The number of rotatable bonds is 7. The minimum Gasteiger partial charge on any atom is -0.378 e. The van der Waals surface area contributed by atoms with Gasteiger partial charge < -0.3 is 14.5 Å². The molecule has 3 aliphatic rings. The first kappa shape index (κ1) is 32.3. The fourth-order valence-electron chi connectivity index (χ4n) is 6.08. The lowest BCUT2D eigenvalue weighted by Gasteiger charge is -2.37. The molecular weight excluding hydrogens is 645 g/mol. The van der Waals surface area contributed by atoms with Crippen LogP contribution in [-0.2, 0) is 30.2 Å². The molecule has 46 heavy (non-hydrogen) atoms. The van der Waals surface area contributed by atoms with E-state index in [1.165, 1.54) is 16.8 Å². The summed E-state index contributed by atoms with van der Waals surface area (Å²) in [5.41, 5.74) is -2.16. The van der Waals surface area contributed by atoms with Crippen molar-refractivity contribution in [3.05, 3.63) is 75.2 Å². The Morgan fingerprint density at radius 3 is 2.15 bits per heavy atom. The maximum Gasteiger partial charge on any atom is 0.416 e. The largest absolute Gasteiger partial charge is 0.416 e. The molecule has 0 saturated carbocycles. The molecule has 0 aliphatic carbocycles. The second-order valence-corrected chi connectivity index (χ2v) is 11.8. The van der Waals surface area contributed by atoms with Crippen molar-refractivity contribution in [2.24, 2.45) is 5.10 Å². The molecule has 2 fully saturated rings. The summed E-state index contributed by atoms with van der Waals surface area (Å²) in [6.07, 6.45) is -8.38. The van der Waals surface area contributed by atoms with Gasteiger partial charge in [-0.25, -0.2) is 9.07 Å². The van der Waals surface area contributed by atoms with Gasteiger partial charge >= 0.3 is 12.4 Å². The highest BCUT2D eigenvalue weighted by Gasteiger charge is 2.42. The lowest BCUT2D eigenvalue weighted by atomic mass is 10.0. The van der Waals surface area contributed by atoms with E-state index in [9.17, 15) is 30.7 Å². The predicted octanol–water partition coefficient (Wildman–Crippen LogP) is 5.48. The molecule has 9 nitrogen and oxygen atoms in total. The fourth-order valence-corrected chi connectivity index (χ4v) is 6.31. The Hall–Kier alpha value is -3.63. The number of morpholine rings is 1. The Labute approximate surface area is 264 Å². The van der Waals surface area contributed by atoms with Gasteiger partial charge in [-0.05, 0) is 54.3 Å². The molecule has 1 atom stereocenters. The molecule has 2 saturated heterocycles. The van der Waals surface area contributed by atoms with Gasteiger partial charge in [0.05, 0.1) is 30.9 Å². The third-order valence-corrected chi connectivity index (χ3v) is 8.52. The average Bonchev–Trinajstić information content (AvgIpc) is 3.73. The van der Waals surface area contributed by atoms with E-state index in [1.807, 2.05) is 9.80 Å². The molecule has 0 spiro atoms. The summed E-state index contributed by atoms with van der Waals surface area (Å²) in [6.45, 7) is 2.81. The number of likely N-dealkylation sites (tertiary alicyclic amines) is 1. The maximum absolute atomic E-state index is 13.9. The molecular formula is C29H30ClF7N8O. The van der Waals surface area contributed by atoms with E-state index in [0.29, 0.717) is 55.7 Å². The van der Waals surface area contributed by atoms with E-state index in [1.54, 1.807) is 18.1 Å². The van der Waals surface area contributed by atoms with E-state index in [0.717, 1.165) is 25.9 Å². The number of halogens is 8.